The molecule has 1 aromatic heterocycles. The quantitative estimate of drug-likeness (QED) is 0.395. The maximum atomic E-state index is 13.5. The highest BCUT2D eigenvalue weighted by Crippen LogP contribution is 2.25. The molecule has 3 aromatic rings. The molecule has 0 radical (unpaired) electrons. The lowest BCUT2D eigenvalue weighted by molar-refractivity contribution is 0.0519. The number of benzene rings is 2. The van der Waals surface area contributed by atoms with Gasteiger partial charge in [-0.05, 0) is 24.3 Å². The van der Waals surface area contributed by atoms with Crippen LogP contribution in [0.3, 0.4) is 0 Å². The first-order valence-corrected chi connectivity index (χ1v) is 11.7. The molecular formula is C27H23N5O4. The maximum absolute atomic E-state index is 13.5. The molecule has 0 aliphatic carbocycles. The average molecular weight is 482 g/mol. The van der Waals surface area contributed by atoms with Crippen molar-refractivity contribution in [2.45, 2.75) is 0 Å². The molecule has 36 heavy (non-hydrogen) atoms. The minimum Gasteiger partial charge on any atom is -0.451 e. The Labute approximate surface area is 206 Å². The summed E-state index contributed by atoms with van der Waals surface area (Å²) in [5.41, 5.74) is 2.14. The predicted octanol–water partition coefficient (Wildman–Crippen LogP) is 3.02. The Morgan fingerprint density at radius 1 is 0.861 bits per heavy atom. The lowest BCUT2D eigenvalue weighted by atomic mass is 10.1. The fourth-order valence-electron chi connectivity index (χ4n) is 4.66. The summed E-state index contributed by atoms with van der Waals surface area (Å²) in [5, 5.41) is 5.39. The summed E-state index contributed by atoms with van der Waals surface area (Å²) in [6.07, 6.45) is 3.38. The van der Waals surface area contributed by atoms with E-state index in [1.54, 1.807) is 52.0 Å². The van der Waals surface area contributed by atoms with Crippen molar-refractivity contribution in [1.29, 1.82) is 0 Å². The van der Waals surface area contributed by atoms with E-state index in [0.717, 1.165) is 5.39 Å². The number of carbonyl (C=O) groups is 2. The first-order chi connectivity index (χ1) is 17.5. The van der Waals surface area contributed by atoms with Gasteiger partial charge in [-0.25, -0.2) is 0 Å². The first kappa shape index (κ1) is 21.8. The van der Waals surface area contributed by atoms with E-state index in [1.807, 2.05) is 42.5 Å². The Balaban J connectivity index is 1.23. The fraction of sp³-hybridized carbons (Fsp3) is 0.185. The molecule has 3 aliphatic rings. The number of piperazine rings is 1. The van der Waals surface area contributed by atoms with Crippen molar-refractivity contribution < 1.29 is 14.0 Å². The highest BCUT2D eigenvalue weighted by Gasteiger charge is 2.31. The highest BCUT2D eigenvalue weighted by atomic mass is 16.3. The Hall–Kier alpha value is -4.66. The van der Waals surface area contributed by atoms with Crippen molar-refractivity contribution in [1.82, 2.24) is 24.1 Å². The second-order valence-electron chi connectivity index (χ2n) is 8.89. The standard InChI is InChI=1S/C27H23N5O4/c1-29-16-20(24-21(17-29)26(34)32(28-24)19-8-3-2-4-9-19)25(33)30-11-13-31(14-12-30)27(35)23-15-18-7-5-6-10-22(18)36-23/h2-10,15-17H,11-14H2,1H3. The van der Waals surface area contributed by atoms with E-state index in [-0.39, 0.29) is 17.4 Å². The summed E-state index contributed by atoms with van der Waals surface area (Å²) in [5.74, 6) is -0.114. The van der Waals surface area contributed by atoms with Crippen LogP contribution >= 0.6 is 0 Å². The van der Waals surface area contributed by atoms with E-state index in [1.165, 1.54) is 4.68 Å². The van der Waals surface area contributed by atoms with Crippen LogP contribution in [0.15, 0.2) is 82.3 Å². The second kappa shape index (κ2) is 8.53. The van der Waals surface area contributed by atoms with Crippen LogP contribution in [0.1, 0.15) is 20.9 Å². The molecule has 0 bridgehead atoms. The molecule has 0 unspecified atom stereocenters. The second-order valence-corrected chi connectivity index (χ2v) is 8.89. The molecule has 0 N–H and O–H groups in total. The summed E-state index contributed by atoms with van der Waals surface area (Å²) in [6.45, 7) is 1.51. The summed E-state index contributed by atoms with van der Waals surface area (Å²) in [6, 6.07) is 18.4. The van der Waals surface area contributed by atoms with Crippen LogP contribution in [-0.2, 0) is 7.05 Å². The smallest absolute Gasteiger partial charge is 0.289 e. The molecule has 9 heteroatoms. The van der Waals surface area contributed by atoms with Crippen molar-refractivity contribution in [3.63, 3.8) is 0 Å². The topological polar surface area (TPSA) is 93.6 Å². The van der Waals surface area contributed by atoms with Crippen molar-refractivity contribution in [3.8, 4) is 16.9 Å². The molecule has 0 saturated carbocycles. The number of carbonyl (C=O) groups excluding carboxylic acids is 2. The third kappa shape index (κ3) is 3.65. The molecule has 1 fully saturated rings. The number of rotatable bonds is 3. The molecule has 6 rings (SSSR count). The van der Waals surface area contributed by atoms with Gasteiger partial charge >= 0.3 is 0 Å². The molecule has 2 amide bonds. The van der Waals surface area contributed by atoms with Gasteiger partial charge in [-0.1, -0.05) is 36.4 Å². The van der Waals surface area contributed by atoms with Gasteiger partial charge in [-0.15, -0.1) is 0 Å². The number of aromatic nitrogens is 3. The summed E-state index contributed by atoms with van der Waals surface area (Å²) in [7, 11) is 1.78. The largest absolute Gasteiger partial charge is 0.451 e. The van der Waals surface area contributed by atoms with Crippen molar-refractivity contribution in [3.05, 3.63) is 94.7 Å². The molecule has 0 atom stereocenters. The van der Waals surface area contributed by atoms with Crippen molar-refractivity contribution >= 4 is 22.8 Å². The van der Waals surface area contributed by atoms with Gasteiger partial charge in [0.1, 0.15) is 11.3 Å². The van der Waals surface area contributed by atoms with Gasteiger partial charge in [-0.2, -0.15) is 9.78 Å². The van der Waals surface area contributed by atoms with E-state index in [4.69, 9.17) is 4.42 Å². The van der Waals surface area contributed by atoms with Crippen LogP contribution in [0.25, 0.3) is 27.9 Å². The van der Waals surface area contributed by atoms with Crippen LogP contribution in [0, 0.1) is 0 Å². The number of amides is 2. The molecule has 2 aromatic carbocycles. The molecule has 9 nitrogen and oxygen atoms in total. The monoisotopic (exact) mass is 481 g/mol. The lowest BCUT2D eigenvalue weighted by Crippen LogP contribution is -2.50. The van der Waals surface area contributed by atoms with Crippen LogP contribution in [0.4, 0.5) is 0 Å². The normalized spacial score (nSPS) is 14.0. The van der Waals surface area contributed by atoms with Crippen LogP contribution in [0.2, 0.25) is 0 Å². The third-order valence-corrected chi connectivity index (χ3v) is 6.52. The third-order valence-electron chi connectivity index (χ3n) is 6.52. The summed E-state index contributed by atoms with van der Waals surface area (Å²) in [4.78, 5) is 43.0. The number of furan rings is 1. The van der Waals surface area contributed by atoms with Crippen LogP contribution in [0.5, 0.6) is 0 Å². The zero-order valence-electron chi connectivity index (χ0n) is 19.6. The number of pyridine rings is 1. The number of para-hydroxylation sites is 2. The van der Waals surface area contributed by atoms with E-state index >= 15 is 0 Å². The molecule has 0 spiro atoms. The van der Waals surface area contributed by atoms with Crippen molar-refractivity contribution in [2.75, 3.05) is 26.2 Å². The molecule has 180 valence electrons. The zero-order valence-corrected chi connectivity index (χ0v) is 19.6. The zero-order chi connectivity index (χ0) is 24.8. The number of aryl methyl sites for hydroxylation is 1. The van der Waals surface area contributed by atoms with Crippen LogP contribution < -0.4 is 5.56 Å². The number of nitrogens with zero attached hydrogens (tertiary/aromatic N) is 5. The van der Waals surface area contributed by atoms with Gasteiger partial charge in [0.15, 0.2) is 5.76 Å². The number of hydrogen-bond acceptors (Lipinski definition) is 5. The van der Waals surface area contributed by atoms with Gasteiger partial charge in [0.2, 0.25) is 0 Å². The Bertz CT molecular complexity index is 1590. The van der Waals surface area contributed by atoms with Gasteiger partial charge in [-0.3, -0.25) is 14.4 Å². The molecular weight excluding hydrogens is 458 g/mol. The molecule has 3 aliphatic heterocycles. The van der Waals surface area contributed by atoms with E-state index in [0.29, 0.717) is 60.0 Å². The van der Waals surface area contributed by atoms with Gasteiger partial charge in [0.25, 0.3) is 17.4 Å². The van der Waals surface area contributed by atoms with Crippen molar-refractivity contribution in [2.24, 2.45) is 7.05 Å². The number of hydrogen-bond donors (Lipinski definition) is 0. The first-order valence-electron chi connectivity index (χ1n) is 11.7. The lowest BCUT2D eigenvalue weighted by Gasteiger charge is -2.34. The highest BCUT2D eigenvalue weighted by molar-refractivity contribution is 6.00. The number of fused-ring (bicyclic) bond motifs is 2. The van der Waals surface area contributed by atoms with Gasteiger partial charge in [0.05, 0.1) is 16.8 Å². The summed E-state index contributed by atoms with van der Waals surface area (Å²) < 4.78 is 8.75. The van der Waals surface area contributed by atoms with E-state index < -0.39 is 0 Å². The fourth-order valence-corrected chi connectivity index (χ4v) is 4.66. The predicted molar refractivity (Wildman–Crippen MR) is 133 cm³/mol. The van der Waals surface area contributed by atoms with Gasteiger partial charge < -0.3 is 18.8 Å². The minimum atomic E-state index is -0.275. The van der Waals surface area contributed by atoms with E-state index in [9.17, 15) is 14.4 Å². The molecule has 1 saturated heterocycles. The Morgan fingerprint density at radius 3 is 2.25 bits per heavy atom. The Morgan fingerprint density at radius 2 is 1.53 bits per heavy atom. The van der Waals surface area contributed by atoms with Crippen LogP contribution in [-0.4, -0.2) is 62.1 Å². The average Bonchev–Trinajstić information content (AvgIpc) is 3.49. The molecule has 4 heterocycles. The maximum Gasteiger partial charge on any atom is 0.289 e. The van der Waals surface area contributed by atoms with E-state index in [2.05, 4.69) is 5.10 Å². The van der Waals surface area contributed by atoms with Gasteiger partial charge in [0, 0.05) is 51.0 Å². The summed E-state index contributed by atoms with van der Waals surface area (Å²) >= 11 is 0. The minimum absolute atomic E-state index is 0.190. The SMILES string of the molecule is Cn1cc(C(=O)N2CCN(C(=O)c3cc4ccccc4o3)CC2)c2nn(-c3ccccc3)c(=O)c-2c1. The Kier molecular flexibility index (Phi) is 5.18.